The van der Waals surface area contributed by atoms with Crippen LogP contribution in [0.2, 0.25) is 0 Å². The number of halogens is 1. The van der Waals surface area contributed by atoms with Gasteiger partial charge in [-0.3, -0.25) is 9.78 Å². The van der Waals surface area contributed by atoms with E-state index in [0.29, 0.717) is 10.0 Å². The molecule has 4 N–H and O–H groups in total. The zero-order valence-corrected chi connectivity index (χ0v) is 8.68. The van der Waals surface area contributed by atoms with Gasteiger partial charge in [-0.2, -0.15) is 0 Å². The number of pyridine rings is 1. The molecule has 0 aliphatic rings. The van der Waals surface area contributed by atoms with Gasteiger partial charge in [0.05, 0.1) is 0 Å². The molecule has 0 saturated heterocycles. The smallest absolute Gasteiger partial charge is 0.249 e. The summed E-state index contributed by atoms with van der Waals surface area (Å²) in [4.78, 5) is 14.4. The molecule has 5 nitrogen and oxygen atoms in total. The summed E-state index contributed by atoms with van der Waals surface area (Å²) in [7, 11) is 0. The average molecular weight is 261 g/mol. The quantitative estimate of drug-likeness (QED) is 0.697. The summed E-state index contributed by atoms with van der Waals surface area (Å²) in [5.41, 5.74) is 5.16. The third-order valence-corrected chi connectivity index (χ3v) is 2.09. The molecule has 0 aliphatic heterocycles. The fourth-order valence-corrected chi connectivity index (χ4v) is 1.31. The van der Waals surface area contributed by atoms with Crippen LogP contribution in [0.25, 0.3) is 0 Å². The molecule has 0 fully saturated rings. The Hall–Kier alpha value is -0.980. The first-order chi connectivity index (χ1) is 6.52. The highest BCUT2D eigenvalue weighted by molar-refractivity contribution is 9.10. The summed E-state index contributed by atoms with van der Waals surface area (Å²) >= 11 is 3.15. The van der Waals surface area contributed by atoms with E-state index < -0.39 is 18.1 Å². The van der Waals surface area contributed by atoms with Crippen molar-refractivity contribution in [2.24, 2.45) is 5.73 Å². The summed E-state index contributed by atoms with van der Waals surface area (Å²) < 4.78 is 0.644. The summed E-state index contributed by atoms with van der Waals surface area (Å²) in [6, 6.07) is 1.55. The molecular formula is C8H9BrN2O3. The Balaban J connectivity index is 2.89. The van der Waals surface area contributed by atoms with Gasteiger partial charge >= 0.3 is 0 Å². The minimum atomic E-state index is -1.62. The molecule has 1 heterocycles. The molecule has 0 bridgehead atoms. The van der Waals surface area contributed by atoms with Crippen LogP contribution in [-0.2, 0) is 4.79 Å². The summed E-state index contributed by atoms with van der Waals surface area (Å²) in [6.07, 6.45) is -0.0994. The fourth-order valence-electron chi connectivity index (χ4n) is 0.928. The molecule has 0 spiro atoms. The van der Waals surface area contributed by atoms with E-state index in [0.717, 1.165) is 0 Å². The topological polar surface area (TPSA) is 96.4 Å². The van der Waals surface area contributed by atoms with Gasteiger partial charge in [-0.1, -0.05) is 0 Å². The number of nitrogens with two attached hydrogens (primary N) is 1. The van der Waals surface area contributed by atoms with Crippen molar-refractivity contribution in [1.29, 1.82) is 0 Å². The van der Waals surface area contributed by atoms with Gasteiger partial charge in [0.2, 0.25) is 5.91 Å². The number of aromatic nitrogens is 1. The van der Waals surface area contributed by atoms with Gasteiger partial charge in [-0.05, 0) is 22.0 Å². The van der Waals surface area contributed by atoms with E-state index in [1.165, 1.54) is 12.4 Å². The standard InChI is InChI=1S/C8H9BrN2O3/c9-5-1-4(2-11-3-5)6(12)7(13)8(10)14/h1-3,6-7,12-13H,(H2,10,14). The van der Waals surface area contributed by atoms with Crippen molar-refractivity contribution < 1.29 is 15.0 Å². The highest BCUT2D eigenvalue weighted by Gasteiger charge is 2.23. The first kappa shape index (κ1) is 11.1. The van der Waals surface area contributed by atoms with Gasteiger partial charge in [-0.15, -0.1) is 0 Å². The Morgan fingerprint density at radius 3 is 2.64 bits per heavy atom. The SMILES string of the molecule is NC(=O)C(O)C(O)c1cncc(Br)c1. The van der Waals surface area contributed by atoms with Crippen LogP contribution >= 0.6 is 15.9 Å². The molecule has 14 heavy (non-hydrogen) atoms. The van der Waals surface area contributed by atoms with Crippen molar-refractivity contribution in [3.63, 3.8) is 0 Å². The molecule has 1 amide bonds. The van der Waals surface area contributed by atoms with Crippen LogP contribution < -0.4 is 5.73 Å². The molecule has 1 aromatic rings. The molecule has 1 aromatic heterocycles. The number of aliphatic hydroxyl groups excluding tert-OH is 2. The lowest BCUT2D eigenvalue weighted by Gasteiger charge is -2.14. The second-order valence-electron chi connectivity index (χ2n) is 2.73. The van der Waals surface area contributed by atoms with Crippen molar-refractivity contribution >= 4 is 21.8 Å². The average Bonchev–Trinajstić information content (AvgIpc) is 2.15. The highest BCUT2D eigenvalue weighted by atomic mass is 79.9. The normalized spacial score (nSPS) is 14.8. The number of rotatable bonds is 3. The van der Waals surface area contributed by atoms with Crippen LogP contribution in [-0.4, -0.2) is 27.2 Å². The van der Waals surface area contributed by atoms with Crippen molar-refractivity contribution in [3.8, 4) is 0 Å². The number of primary amides is 1. The van der Waals surface area contributed by atoms with Gasteiger partial charge in [0.15, 0.2) is 6.10 Å². The van der Waals surface area contributed by atoms with E-state index in [9.17, 15) is 15.0 Å². The molecule has 76 valence electrons. The number of carbonyl (C=O) groups excluding carboxylic acids is 1. The lowest BCUT2D eigenvalue weighted by molar-refractivity contribution is -0.131. The number of hydrogen-bond donors (Lipinski definition) is 3. The van der Waals surface area contributed by atoms with Crippen LogP contribution in [0.5, 0.6) is 0 Å². The van der Waals surface area contributed by atoms with Crippen molar-refractivity contribution in [2.45, 2.75) is 12.2 Å². The van der Waals surface area contributed by atoms with E-state index in [-0.39, 0.29) is 0 Å². The number of aliphatic hydroxyl groups is 2. The van der Waals surface area contributed by atoms with Crippen molar-refractivity contribution in [3.05, 3.63) is 28.5 Å². The first-order valence-electron chi connectivity index (χ1n) is 3.78. The number of carbonyl (C=O) groups is 1. The molecule has 6 heteroatoms. The maximum absolute atomic E-state index is 10.6. The van der Waals surface area contributed by atoms with Crippen LogP contribution in [0.1, 0.15) is 11.7 Å². The lowest BCUT2D eigenvalue weighted by Crippen LogP contribution is -2.33. The molecule has 0 saturated carbocycles. The number of nitrogens with zero attached hydrogens (tertiary/aromatic N) is 1. The van der Waals surface area contributed by atoms with Gasteiger partial charge in [0.25, 0.3) is 0 Å². The number of hydrogen-bond acceptors (Lipinski definition) is 4. The zero-order valence-electron chi connectivity index (χ0n) is 7.09. The third-order valence-electron chi connectivity index (χ3n) is 1.66. The van der Waals surface area contributed by atoms with Gasteiger partial charge in [0.1, 0.15) is 6.10 Å². The van der Waals surface area contributed by atoms with Gasteiger partial charge in [0, 0.05) is 22.4 Å². The van der Waals surface area contributed by atoms with E-state index >= 15 is 0 Å². The van der Waals surface area contributed by atoms with E-state index in [1.54, 1.807) is 6.07 Å². The zero-order chi connectivity index (χ0) is 10.7. The largest absolute Gasteiger partial charge is 0.385 e. The second kappa shape index (κ2) is 4.50. The van der Waals surface area contributed by atoms with Crippen molar-refractivity contribution in [2.75, 3.05) is 0 Å². The second-order valence-corrected chi connectivity index (χ2v) is 3.64. The fraction of sp³-hybridized carbons (Fsp3) is 0.250. The Bertz CT molecular complexity index is 345. The third kappa shape index (κ3) is 2.50. The Labute approximate surface area is 88.7 Å². The molecule has 0 radical (unpaired) electrons. The highest BCUT2D eigenvalue weighted by Crippen LogP contribution is 2.19. The van der Waals surface area contributed by atoms with E-state index in [4.69, 9.17) is 5.73 Å². The number of amides is 1. The van der Waals surface area contributed by atoms with E-state index in [2.05, 4.69) is 20.9 Å². The minimum Gasteiger partial charge on any atom is -0.385 e. The molecule has 2 atom stereocenters. The Morgan fingerprint density at radius 1 is 1.50 bits per heavy atom. The van der Waals surface area contributed by atoms with Crippen LogP contribution in [0, 0.1) is 0 Å². The molecule has 2 unspecified atom stereocenters. The van der Waals surface area contributed by atoms with Crippen LogP contribution in [0.15, 0.2) is 22.9 Å². The summed E-state index contributed by atoms with van der Waals surface area (Å²) in [6.45, 7) is 0. The molecule has 0 aromatic carbocycles. The maximum Gasteiger partial charge on any atom is 0.249 e. The maximum atomic E-state index is 10.6. The summed E-state index contributed by atoms with van der Waals surface area (Å²) in [5, 5.41) is 18.6. The Kier molecular flexibility index (Phi) is 3.56. The van der Waals surface area contributed by atoms with Gasteiger partial charge in [-0.25, -0.2) is 0 Å². The predicted octanol–water partition coefficient (Wildman–Crippen LogP) is -0.276. The predicted molar refractivity (Wildman–Crippen MR) is 52.1 cm³/mol. The molecule has 0 aliphatic carbocycles. The lowest BCUT2D eigenvalue weighted by atomic mass is 10.1. The molecular weight excluding hydrogens is 252 g/mol. The van der Waals surface area contributed by atoms with Gasteiger partial charge < -0.3 is 15.9 Å². The monoisotopic (exact) mass is 260 g/mol. The minimum absolute atomic E-state index is 0.325. The van der Waals surface area contributed by atoms with Crippen LogP contribution in [0.3, 0.4) is 0 Å². The molecule has 1 rings (SSSR count). The summed E-state index contributed by atoms with van der Waals surface area (Å²) in [5.74, 6) is -0.975. The van der Waals surface area contributed by atoms with Crippen molar-refractivity contribution in [1.82, 2.24) is 4.98 Å². The Morgan fingerprint density at radius 2 is 2.14 bits per heavy atom. The first-order valence-corrected chi connectivity index (χ1v) is 4.57. The van der Waals surface area contributed by atoms with Crippen LogP contribution in [0.4, 0.5) is 0 Å². The van der Waals surface area contributed by atoms with E-state index in [1.807, 2.05) is 0 Å².